The summed E-state index contributed by atoms with van der Waals surface area (Å²) in [6.45, 7) is 2.83. The van der Waals surface area contributed by atoms with Crippen molar-refractivity contribution >= 4 is 5.91 Å². The van der Waals surface area contributed by atoms with Gasteiger partial charge in [-0.3, -0.25) is 15.1 Å². The third-order valence-corrected chi connectivity index (χ3v) is 3.74. The number of carbonyl (C=O) groups is 1. The second-order valence-electron chi connectivity index (χ2n) is 5.29. The van der Waals surface area contributed by atoms with Crippen LogP contribution in [0.4, 0.5) is 13.2 Å². The molecule has 1 fully saturated rings. The summed E-state index contributed by atoms with van der Waals surface area (Å²) in [6, 6.07) is 1.71. The fraction of sp³-hybridized carbons (Fsp3) is 0.615. The molecule has 2 rings (SSSR count). The molecule has 1 aliphatic heterocycles. The Kier molecular flexibility index (Phi) is 4.58. The fourth-order valence-corrected chi connectivity index (χ4v) is 2.56. The van der Waals surface area contributed by atoms with Crippen LogP contribution in [0.25, 0.3) is 0 Å². The number of nitrogens with zero attached hydrogens (tertiary/aromatic N) is 1. The van der Waals surface area contributed by atoms with E-state index in [-0.39, 0.29) is 18.6 Å². The van der Waals surface area contributed by atoms with Crippen LogP contribution in [0.15, 0.2) is 10.5 Å². The summed E-state index contributed by atoms with van der Waals surface area (Å²) < 4.78 is 43.2. The molecule has 0 aromatic carbocycles. The summed E-state index contributed by atoms with van der Waals surface area (Å²) in [7, 11) is 0. The highest BCUT2D eigenvalue weighted by Crippen LogP contribution is 2.34. The Hall–Kier alpha value is -1.54. The Balaban J connectivity index is 1.94. The maximum absolute atomic E-state index is 12.6. The highest BCUT2D eigenvalue weighted by atomic mass is 19.4. The SMILES string of the molecule is Cc1cc(CN2CCC(C(F)(F)F)CC2)oc1C(=O)NN. The van der Waals surface area contributed by atoms with Crippen LogP contribution >= 0.6 is 0 Å². The van der Waals surface area contributed by atoms with Crippen LogP contribution in [0.1, 0.15) is 34.7 Å². The second kappa shape index (κ2) is 6.07. The van der Waals surface area contributed by atoms with Gasteiger partial charge in [0.05, 0.1) is 12.5 Å². The van der Waals surface area contributed by atoms with Crippen molar-refractivity contribution in [2.45, 2.75) is 32.5 Å². The van der Waals surface area contributed by atoms with E-state index in [0.717, 1.165) is 0 Å². The average Bonchev–Trinajstić information content (AvgIpc) is 2.78. The number of nitrogens with one attached hydrogen (secondary N) is 1. The van der Waals surface area contributed by atoms with Gasteiger partial charge >= 0.3 is 12.1 Å². The third-order valence-electron chi connectivity index (χ3n) is 3.74. The molecule has 8 heteroatoms. The molecule has 1 aromatic heterocycles. The van der Waals surface area contributed by atoms with Crippen LogP contribution in [-0.4, -0.2) is 30.1 Å². The van der Waals surface area contributed by atoms with E-state index in [1.54, 1.807) is 13.0 Å². The molecule has 0 bridgehead atoms. The molecule has 118 valence electrons. The first-order valence-electron chi connectivity index (χ1n) is 6.70. The van der Waals surface area contributed by atoms with Gasteiger partial charge in [-0.25, -0.2) is 5.84 Å². The Bertz CT molecular complexity index is 505. The molecule has 5 nitrogen and oxygen atoms in total. The lowest BCUT2D eigenvalue weighted by molar-refractivity contribution is -0.185. The molecule has 1 amide bonds. The van der Waals surface area contributed by atoms with Gasteiger partial charge in [0.25, 0.3) is 0 Å². The monoisotopic (exact) mass is 305 g/mol. The first kappa shape index (κ1) is 15.8. The number of hydrazine groups is 1. The molecule has 0 aliphatic carbocycles. The summed E-state index contributed by atoms with van der Waals surface area (Å²) in [4.78, 5) is 13.3. The van der Waals surface area contributed by atoms with E-state index in [0.29, 0.717) is 31.0 Å². The van der Waals surface area contributed by atoms with E-state index in [2.05, 4.69) is 0 Å². The predicted octanol–water partition coefficient (Wildman–Crippen LogP) is 1.97. The molecule has 1 saturated heterocycles. The minimum atomic E-state index is -4.11. The highest BCUT2D eigenvalue weighted by Gasteiger charge is 2.41. The lowest BCUT2D eigenvalue weighted by atomic mass is 9.96. The number of alkyl halides is 3. The van der Waals surface area contributed by atoms with Gasteiger partial charge in [0, 0.05) is 5.56 Å². The van der Waals surface area contributed by atoms with Crippen molar-refractivity contribution in [3.63, 3.8) is 0 Å². The normalized spacial score (nSPS) is 18.0. The summed E-state index contributed by atoms with van der Waals surface area (Å²) in [5.74, 6) is 4.00. The number of halogens is 3. The molecule has 0 atom stereocenters. The van der Waals surface area contributed by atoms with Gasteiger partial charge in [-0.2, -0.15) is 13.2 Å². The number of rotatable bonds is 3. The van der Waals surface area contributed by atoms with Crippen molar-refractivity contribution < 1.29 is 22.4 Å². The van der Waals surface area contributed by atoms with E-state index < -0.39 is 18.0 Å². The topological polar surface area (TPSA) is 71.5 Å². The van der Waals surface area contributed by atoms with Crippen molar-refractivity contribution in [3.05, 3.63) is 23.2 Å². The van der Waals surface area contributed by atoms with Gasteiger partial charge in [0.2, 0.25) is 0 Å². The third kappa shape index (κ3) is 3.76. The fourth-order valence-electron chi connectivity index (χ4n) is 2.56. The summed E-state index contributed by atoms with van der Waals surface area (Å²) in [5, 5.41) is 0. The number of hydrogen-bond acceptors (Lipinski definition) is 4. The van der Waals surface area contributed by atoms with Gasteiger partial charge in [-0.05, 0) is 38.9 Å². The number of carbonyl (C=O) groups excluding carboxylic acids is 1. The predicted molar refractivity (Wildman–Crippen MR) is 69.2 cm³/mol. The minimum Gasteiger partial charge on any atom is -0.454 e. The van der Waals surface area contributed by atoms with Crippen LogP contribution in [0.3, 0.4) is 0 Å². The second-order valence-corrected chi connectivity index (χ2v) is 5.29. The van der Waals surface area contributed by atoms with Crippen LogP contribution in [-0.2, 0) is 6.54 Å². The molecular formula is C13H18F3N3O2. The van der Waals surface area contributed by atoms with E-state index in [1.807, 2.05) is 10.3 Å². The molecule has 0 saturated carbocycles. The lowest BCUT2D eigenvalue weighted by Crippen LogP contribution is -2.38. The van der Waals surface area contributed by atoms with Gasteiger partial charge in [-0.15, -0.1) is 0 Å². The van der Waals surface area contributed by atoms with E-state index >= 15 is 0 Å². The van der Waals surface area contributed by atoms with Crippen LogP contribution in [0, 0.1) is 12.8 Å². The zero-order valence-electron chi connectivity index (χ0n) is 11.7. The maximum Gasteiger partial charge on any atom is 0.391 e. The highest BCUT2D eigenvalue weighted by molar-refractivity contribution is 5.92. The number of likely N-dealkylation sites (tertiary alicyclic amines) is 1. The van der Waals surface area contributed by atoms with Gasteiger partial charge < -0.3 is 4.42 Å². The van der Waals surface area contributed by atoms with Gasteiger partial charge in [-0.1, -0.05) is 0 Å². The molecule has 0 radical (unpaired) electrons. The number of furan rings is 1. The Morgan fingerprint density at radius 3 is 2.62 bits per heavy atom. The molecular weight excluding hydrogens is 287 g/mol. The van der Waals surface area contributed by atoms with Crippen LogP contribution < -0.4 is 11.3 Å². The number of amides is 1. The van der Waals surface area contributed by atoms with Gasteiger partial charge in [0.1, 0.15) is 5.76 Å². The van der Waals surface area contributed by atoms with Gasteiger partial charge in [0.15, 0.2) is 5.76 Å². The summed E-state index contributed by atoms with van der Waals surface area (Å²) in [6.07, 6.45) is -3.92. The summed E-state index contributed by atoms with van der Waals surface area (Å²) in [5.41, 5.74) is 2.64. The molecule has 0 unspecified atom stereocenters. The standard InChI is InChI=1S/C13H18F3N3O2/c1-8-6-10(21-11(8)12(20)18-17)7-19-4-2-9(3-5-19)13(14,15)16/h6,9H,2-5,7,17H2,1H3,(H,18,20). The Morgan fingerprint density at radius 1 is 1.48 bits per heavy atom. The van der Waals surface area contributed by atoms with E-state index in [9.17, 15) is 18.0 Å². The molecule has 1 aliphatic rings. The lowest BCUT2D eigenvalue weighted by Gasteiger charge is -2.32. The molecule has 21 heavy (non-hydrogen) atoms. The maximum atomic E-state index is 12.6. The zero-order chi connectivity index (χ0) is 15.6. The molecule has 1 aromatic rings. The number of hydrogen-bond donors (Lipinski definition) is 2. The minimum absolute atomic E-state index is 0.0966. The first-order chi connectivity index (χ1) is 9.81. The van der Waals surface area contributed by atoms with Crippen molar-refractivity contribution in [2.24, 2.45) is 11.8 Å². The molecule has 3 N–H and O–H groups in total. The van der Waals surface area contributed by atoms with Crippen LogP contribution in [0.2, 0.25) is 0 Å². The smallest absolute Gasteiger partial charge is 0.391 e. The number of nitrogen functional groups attached to an aromatic ring is 1. The van der Waals surface area contributed by atoms with E-state index in [1.165, 1.54) is 0 Å². The quantitative estimate of drug-likeness (QED) is 0.509. The number of nitrogens with two attached hydrogens (primary N) is 1. The van der Waals surface area contributed by atoms with Crippen molar-refractivity contribution in [3.8, 4) is 0 Å². The average molecular weight is 305 g/mol. The molecule has 2 heterocycles. The summed E-state index contributed by atoms with van der Waals surface area (Å²) >= 11 is 0. The number of piperidine rings is 1. The van der Waals surface area contributed by atoms with Crippen molar-refractivity contribution in [2.75, 3.05) is 13.1 Å². The zero-order valence-corrected chi connectivity index (χ0v) is 11.7. The Labute approximate surface area is 120 Å². The van der Waals surface area contributed by atoms with E-state index in [4.69, 9.17) is 10.3 Å². The van der Waals surface area contributed by atoms with Crippen LogP contribution in [0.5, 0.6) is 0 Å². The molecule has 0 spiro atoms. The largest absolute Gasteiger partial charge is 0.454 e. The van der Waals surface area contributed by atoms with Crippen molar-refractivity contribution in [1.29, 1.82) is 0 Å². The first-order valence-corrected chi connectivity index (χ1v) is 6.70. The van der Waals surface area contributed by atoms with Crippen molar-refractivity contribution in [1.82, 2.24) is 10.3 Å². The number of aryl methyl sites for hydroxylation is 1. The Morgan fingerprint density at radius 2 is 2.10 bits per heavy atom.